The third-order valence-corrected chi connectivity index (χ3v) is 5.63. The summed E-state index contributed by atoms with van der Waals surface area (Å²) < 4.78 is 0. The van der Waals surface area contributed by atoms with Crippen LogP contribution in [0.5, 0.6) is 0 Å². The molecular weight excluding hydrogens is 314 g/mol. The van der Waals surface area contributed by atoms with E-state index in [0.29, 0.717) is 6.42 Å². The van der Waals surface area contributed by atoms with Crippen molar-refractivity contribution < 1.29 is 4.79 Å². The van der Waals surface area contributed by atoms with Crippen molar-refractivity contribution in [1.82, 2.24) is 5.32 Å². The lowest BCUT2D eigenvalue weighted by atomic mass is 10.0. The number of nitrogens with one attached hydrogen (secondary N) is 1. The second kappa shape index (κ2) is 7.89. The molecule has 3 heteroatoms. The van der Waals surface area contributed by atoms with Crippen molar-refractivity contribution in [2.45, 2.75) is 50.5 Å². The van der Waals surface area contributed by atoms with Crippen molar-refractivity contribution >= 4 is 17.7 Å². The van der Waals surface area contributed by atoms with Crippen LogP contribution in [0.1, 0.15) is 48.1 Å². The van der Waals surface area contributed by atoms with Crippen molar-refractivity contribution in [1.29, 1.82) is 0 Å². The number of fused-ring (bicyclic) bond motifs is 1. The standard InChI is InChI=1S/C21H25NOS/c1-15-6-10-20(11-7-15)24-13-12-21(23)22-16(2)18-9-8-17-4-3-5-19(17)14-18/h6-11,14,16H,3-5,12-13H2,1-2H3,(H,22,23). The van der Waals surface area contributed by atoms with Crippen LogP contribution in [0.15, 0.2) is 47.4 Å². The summed E-state index contributed by atoms with van der Waals surface area (Å²) in [5, 5.41) is 3.13. The topological polar surface area (TPSA) is 29.1 Å². The molecule has 0 heterocycles. The van der Waals surface area contributed by atoms with E-state index in [9.17, 15) is 4.79 Å². The lowest BCUT2D eigenvalue weighted by molar-refractivity contribution is -0.121. The third kappa shape index (κ3) is 4.41. The van der Waals surface area contributed by atoms with Gasteiger partial charge in [0.25, 0.3) is 0 Å². The van der Waals surface area contributed by atoms with Gasteiger partial charge in [0.05, 0.1) is 6.04 Å². The second-order valence-corrected chi connectivity index (χ2v) is 7.75. The average Bonchev–Trinajstić information content (AvgIpc) is 3.04. The molecule has 2 aromatic rings. The first-order valence-electron chi connectivity index (χ1n) is 8.72. The number of aryl methyl sites for hydroxylation is 3. The van der Waals surface area contributed by atoms with Crippen LogP contribution in [0.25, 0.3) is 0 Å². The van der Waals surface area contributed by atoms with Gasteiger partial charge < -0.3 is 5.32 Å². The molecule has 2 aromatic carbocycles. The van der Waals surface area contributed by atoms with Crippen molar-refractivity contribution in [2.75, 3.05) is 5.75 Å². The van der Waals surface area contributed by atoms with E-state index in [1.807, 2.05) is 0 Å². The highest BCUT2D eigenvalue weighted by Crippen LogP contribution is 2.25. The molecule has 24 heavy (non-hydrogen) atoms. The molecule has 0 saturated heterocycles. The molecule has 1 aliphatic carbocycles. The number of hydrogen-bond acceptors (Lipinski definition) is 2. The van der Waals surface area contributed by atoms with Gasteiger partial charge in [0.1, 0.15) is 0 Å². The molecule has 1 N–H and O–H groups in total. The first-order chi connectivity index (χ1) is 11.6. The van der Waals surface area contributed by atoms with E-state index in [-0.39, 0.29) is 11.9 Å². The second-order valence-electron chi connectivity index (χ2n) is 6.58. The van der Waals surface area contributed by atoms with Gasteiger partial charge in [-0.2, -0.15) is 0 Å². The molecule has 1 atom stereocenters. The van der Waals surface area contributed by atoms with E-state index in [1.165, 1.54) is 46.4 Å². The van der Waals surface area contributed by atoms with Crippen LogP contribution < -0.4 is 5.32 Å². The van der Waals surface area contributed by atoms with Gasteiger partial charge in [-0.15, -0.1) is 11.8 Å². The fraction of sp³-hybridized carbons (Fsp3) is 0.381. The minimum atomic E-state index is 0.0766. The Kier molecular flexibility index (Phi) is 5.62. The molecule has 3 rings (SSSR count). The molecule has 1 aliphatic rings. The zero-order chi connectivity index (χ0) is 16.9. The van der Waals surface area contributed by atoms with Gasteiger partial charge >= 0.3 is 0 Å². The van der Waals surface area contributed by atoms with Gasteiger partial charge in [0.2, 0.25) is 5.91 Å². The minimum absolute atomic E-state index is 0.0766. The summed E-state index contributed by atoms with van der Waals surface area (Å²) >= 11 is 1.74. The molecule has 0 aromatic heterocycles. The number of amides is 1. The molecule has 0 saturated carbocycles. The van der Waals surface area contributed by atoms with Crippen molar-refractivity contribution in [3.63, 3.8) is 0 Å². The van der Waals surface area contributed by atoms with Crippen LogP contribution in [-0.2, 0) is 17.6 Å². The van der Waals surface area contributed by atoms with Crippen LogP contribution in [0.2, 0.25) is 0 Å². The Bertz CT molecular complexity index is 708. The molecule has 0 aliphatic heterocycles. The summed E-state index contributed by atoms with van der Waals surface area (Å²) in [6, 6.07) is 15.2. The van der Waals surface area contributed by atoms with Gasteiger partial charge in [-0.05, 0) is 61.9 Å². The largest absolute Gasteiger partial charge is 0.350 e. The van der Waals surface area contributed by atoms with Gasteiger partial charge in [0.15, 0.2) is 0 Å². The maximum absolute atomic E-state index is 12.2. The predicted molar refractivity (Wildman–Crippen MR) is 102 cm³/mol. The van der Waals surface area contributed by atoms with E-state index >= 15 is 0 Å². The normalized spacial score (nSPS) is 14.2. The quantitative estimate of drug-likeness (QED) is 0.763. The van der Waals surface area contributed by atoms with Crippen LogP contribution in [0.3, 0.4) is 0 Å². The summed E-state index contributed by atoms with van der Waals surface area (Å²) in [4.78, 5) is 13.4. The monoisotopic (exact) mass is 339 g/mol. The number of rotatable bonds is 6. The highest BCUT2D eigenvalue weighted by Gasteiger charge is 2.14. The van der Waals surface area contributed by atoms with E-state index < -0.39 is 0 Å². The fourth-order valence-electron chi connectivity index (χ4n) is 3.15. The highest BCUT2D eigenvalue weighted by atomic mass is 32.2. The van der Waals surface area contributed by atoms with Crippen LogP contribution in [0.4, 0.5) is 0 Å². The van der Waals surface area contributed by atoms with Gasteiger partial charge in [0, 0.05) is 17.1 Å². The number of thioether (sulfide) groups is 1. The summed E-state index contributed by atoms with van der Waals surface area (Å²) in [6.45, 7) is 4.16. The Morgan fingerprint density at radius 3 is 2.67 bits per heavy atom. The minimum Gasteiger partial charge on any atom is -0.350 e. The van der Waals surface area contributed by atoms with Crippen LogP contribution in [-0.4, -0.2) is 11.7 Å². The van der Waals surface area contributed by atoms with Crippen molar-refractivity contribution in [3.8, 4) is 0 Å². The Morgan fingerprint density at radius 1 is 1.12 bits per heavy atom. The molecule has 0 radical (unpaired) electrons. The third-order valence-electron chi connectivity index (χ3n) is 4.62. The Morgan fingerprint density at radius 2 is 1.88 bits per heavy atom. The van der Waals surface area contributed by atoms with Gasteiger partial charge in [-0.25, -0.2) is 0 Å². The first kappa shape index (κ1) is 17.1. The van der Waals surface area contributed by atoms with Gasteiger partial charge in [-0.3, -0.25) is 4.79 Å². The highest BCUT2D eigenvalue weighted by molar-refractivity contribution is 7.99. The summed E-state index contributed by atoms with van der Waals surface area (Å²) in [6.07, 6.45) is 4.19. The fourth-order valence-corrected chi connectivity index (χ4v) is 4.01. The van der Waals surface area contributed by atoms with E-state index in [1.54, 1.807) is 11.8 Å². The summed E-state index contributed by atoms with van der Waals surface area (Å²) in [5.74, 6) is 0.939. The van der Waals surface area contributed by atoms with E-state index in [2.05, 4.69) is 61.6 Å². The lowest BCUT2D eigenvalue weighted by Gasteiger charge is -2.15. The molecule has 1 unspecified atom stereocenters. The molecule has 2 nitrogen and oxygen atoms in total. The zero-order valence-electron chi connectivity index (χ0n) is 14.5. The summed E-state index contributed by atoms with van der Waals surface area (Å²) in [7, 11) is 0. The van der Waals surface area contributed by atoms with Crippen molar-refractivity contribution in [3.05, 3.63) is 64.7 Å². The number of carbonyl (C=O) groups excluding carboxylic acids is 1. The predicted octanol–water partition coefficient (Wildman–Crippen LogP) is 4.84. The molecule has 1 amide bonds. The zero-order valence-corrected chi connectivity index (χ0v) is 15.3. The van der Waals surface area contributed by atoms with Gasteiger partial charge in [-0.1, -0.05) is 35.9 Å². The SMILES string of the molecule is Cc1ccc(SCCC(=O)NC(C)c2ccc3c(c2)CCC3)cc1. The van der Waals surface area contributed by atoms with Crippen LogP contribution in [0, 0.1) is 6.92 Å². The van der Waals surface area contributed by atoms with Crippen LogP contribution >= 0.6 is 11.8 Å². The Hall–Kier alpha value is -1.74. The summed E-state index contributed by atoms with van der Waals surface area (Å²) in [5.41, 5.74) is 5.42. The number of carbonyl (C=O) groups is 1. The smallest absolute Gasteiger partial charge is 0.221 e. The average molecular weight is 340 g/mol. The molecule has 126 valence electrons. The number of benzene rings is 2. The first-order valence-corrected chi connectivity index (χ1v) is 9.71. The maximum Gasteiger partial charge on any atom is 0.221 e. The molecular formula is C21H25NOS. The molecule has 0 fully saturated rings. The lowest BCUT2D eigenvalue weighted by Crippen LogP contribution is -2.26. The van der Waals surface area contributed by atoms with E-state index in [0.717, 1.165) is 5.75 Å². The number of hydrogen-bond donors (Lipinski definition) is 1. The molecule has 0 bridgehead atoms. The molecule has 0 spiro atoms. The Balaban J connectivity index is 1.46. The maximum atomic E-state index is 12.2. The Labute approximate surface area is 149 Å². The van der Waals surface area contributed by atoms with Crippen molar-refractivity contribution in [2.24, 2.45) is 0 Å². The van der Waals surface area contributed by atoms with E-state index in [4.69, 9.17) is 0 Å².